The van der Waals surface area contributed by atoms with E-state index in [4.69, 9.17) is 22.1 Å². The fraction of sp³-hybridized carbons (Fsp3) is 0.188. The van der Waals surface area contributed by atoms with E-state index in [9.17, 15) is 9.18 Å². The van der Waals surface area contributed by atoms with Crippen LogP contribution in [0.2, 0.25) is 5.02 Å². The Labute approximate surface area is 132 Å². The predicted molar refractivity (Wildman–Crippen MR) is 82.8 cm³/mol. The van der Waals surface area contributed by atoms with Crippen molar-refractivity contribution in [2.45, 2.75) is 12.5 Å². The van der Waals surface area contributed by atoms with Crippen molar-refractivity contribution in [1.29, 1.82) is 0 Å². The summed E-state index contributed by atoms with van der Waals surface area (Å²) in [6.07, 6.45) is 0.714. The highest BCUT2D eigenvalue weighted by Gasteiger charge is 2.23. The van der Waals surface area contributed by atoms with Crippen LogP contribution in [0, 0.1) is 5.82 Å². The summed E-state index contributed by atoms with van der Waals surface area (Å²) in [7, 11) is 0. The first kappa shape index (κ1) is 14.8. The summed E-state index contributed by atoms with van der Waals surface area (Å²) in [6, 6.07) is 9.14. The Kier molecular flexibility index (Phi) is 4.00. The molecule has 0 aliphatic carbocycles. The van der Waals surface area contributed by atoms with Gasteiger partial charge in [-0.3, -0.25) is 4.79 Å². The molecule has 0 unspecified atom stereocenters. The van der Waals surface area contributed by atoms with Crippen LogP contribution < -0.4 is 15.8 Å². The lowest BCUT2D eigenvalue weighted by Gasteiger charge is -2.24. The molecule has 114 valence electrons. The number of amides is 1. The number of ether oxygens (including phenoxy) is 1. The Morgan fingerprint density at radius 2 is 2.18 bits per heavy atom. The Morgan fingerprint density at radius 3 is 2.95 bits per heavy atom. The first-order valence-electron chi connectivity index (χ1n) is 6.84. The average molecular weight is 321 g/mol. The van der Waals surface area contributed by atoms with Crippen LogP contribution in [0.15, 0.2) is 36.4 Å². The van der Waals surface area contributed by atoms with Crippen molar-refractivity contribution in [3.8, 4) is 5.75 Å². The SMILES string of the molecule is N[C@H]1CCOc2c(C(=O)Nc3ccc(F)c(Cl)c3)cccc21. The van der Waals surface area contributed by atoms with Crippen molar-refractivity contribution in [2.24, 2.45) is 5.73 Å². The van der Waals surface area contributed by atoms with Crippen molar-refractivity contribution in [2.75, 3.05) is 11.9 Å². The van der Waals surface area contributed by atoms with Gasteiger partial charge in [-0.25, -0.2) is 4.39 Å². The van der Waals surface area contributed by atoms with Crippen LogP contribution in [0.25, 0.3) is 0 Å². The van der Waals surface area contributed by atoms with E-state index in [0.717, 1.165) is 5.56 Å². The van der Waals surface area contributed by atoms with Gasteiger partial charge in [0.25, 0.3) is 5.91 Å². The number of halogens is 2. The maximum atomic E-state index is 13.1. The van der Waals surface area contributed by atoms with Gasteiger partial charge < -0.3 is 15.8 Å². The molecule has 6 heteroatoms. The number of hydrogen-bond acceptors (Lipinski definition) is 3. The topological polar surface area (TPSA) is 64.3 Å². The highest BCUT2D eigenvalue weighted by Crippen LogP contribution is 2.34. The summed E-state index contributed by atoms with van der Waals surface area (Å²) < 4.78 is 18.7. The predicted octanol–water partition coefficient (Wildman–Crippen LogP) is 3.51. The number of para-hydroxylation sites is 1. The molecule has 1 aliphatic rings. The number of hydrogen-bond donors (Lipinski definition) is 2. The highest BCUT2D eigenvalue weighted by atomic mass is 35.5. The van der Waals surface area contributed by atoms with Gasteiger partial charge >= 0.3 is 0 Å². The Bertz CT molecular complexity index is 736. The number of carbonyl (C=O) groups is 1. The van der Waals surface area contributed by atoms with Crippen LogP contribution in [0.1, 0.15) is 28.4 Å². The molecule has 1 heterocycles. The summed E-state index contributed by atoms with van der Waals surface area (Å²) >= 11 is 5.71. The van der Waals surface area contributed by atoms with E-state index < -0.39 is 5.82 Å². The highest BCUT2D eigenvalue weighted by molar-refractivity contribution is 6.31. The third-order valence-corrected chi connectivity index (χ3v) is 3.83. The van der Waals surface area contributed by atoms with Crippen molar-refractivity contribution < 1.29 is 13.9 Å². The van der Waals surface area contributed by atoms with Crippen molar-refractivity contribution in [3.63, 3.8) is 0 Å². The molecule has 0 radical (unpaired) electrons. The number of fused-ring (bicyclic) bond motifs is 1. The zero-order valence-electron chi connectivity index (χ0n) is 11.6. The van der Waals surface area contributed by atoms with Gasteiger partial charge in [0.15, 0.2) is 0 Å². The van der Waals surface area contributed by atoms with Crippen LogP contribution in [0.4, 0.5) is 10.1 Å². The second kappa shape index (κ2) is 5.94. The van der Waals surface area contributed by atoms with Crippen LogP contribution in [0.3, 0.4) is 0 Å². The summed E-state index contributed by atoms with van der Waals surface area (Å²) in [5.74, 6) is -0.383. The van der Waals surface area contributed by atoms with Gasteiger partial charge in [0, 0.05) is 23.7 Å². The Balaban J connectivity index is 1.89. The number of benzene rings is 2. The van der Waals surface area contributed by atoms with Gasteiger partial charge in [0.1, 0.15) is 11.6 Å². The van der Waals surface area contributed by atoms with Crippen molar-refractivity contribution in [3.05, 3.63) is 58.4 Å². The third kappa shape index (κ3) is 2.77. The number of carbonyl (C=O) groups excluding carboxylic acids is 1. The lowest BCUT2D eigenvalue weighted by molar-refractivity contribution is 0.102. The summed E-state index contributed by atoms with van der Waals surface area (Å²) in [6.45, 7) is 0.473. The number of nitrogens with two attached hydrogens (primary N) is 1. The molecule has 4 nitrogen and oxygen atoms in total. The quantitative estimate of drug-likeness (QED) is 0.890. The molecule has 0 spiro atoms. The summed E-state index contributed by atoms with van der Waals surface area (Å²) in [5, 5.41) is 2.63. The molecule has 1 aliphatic heterocycles. The number of anilines is 1. The van der Waals surface area contributed by atoms with E-state index in [2.05, 4.69) is 5.32 Å². The van der Waals surface area contributed by atoms with Crippen LogP contribution in [-0.4, -0.2) is 12.5 Å². The van der Waals surface area contributed by atoms with Gasteiger partial charge in [-0.2, -0.15) is 0 Å². The standard InChI is InChI=1S/C16H14ClFN2O2/c17-12-8-9(4-5-13(12)18)20-16(21)11-3-1-2-10-14(19)6-7-22-15(10)11/h1-5,8,14H,6-7,19H2,(H,20,21)/t14-/m0/s1. The first-order chi connectivity index (χ1) is 10.6. The lowest BCUT2D eigenvalue weighted by atomic mass is 9.98. The van der Waals surface area contributed by atoms with Crippen molar-refractivity contribution in [1.82, 2.24) is 0 Å². The van der Waals surface area contributed by atoms with Crippen LogP contribution in [-0.2, 0) is 0 Å². The van der Waals surface area contributed by atoms with Gasteiger partial charge in [-0.05, 0) is 24.3 Å². The third-order valence-electron chi connectivity index (χ3n) is 3.54. The molecular weight excluding hydrogens is 307 g/mol. The fourth-order valence-corrected chi connectivity index (χ4v) is 2.58. The molecule has 0 saturated heterocycles. The molecule has 22 heavy (non-hydrogen) atoms. The van der Waals surface area contributed by atoms with E-state index in [1.54, 1.807) is 12.1 Å². The maximum Gasteiger partial charge on any atom is 0.259 e. The largest absolute Gasteiger partial charge is 0.492 e. The molecule has 0 saturated carbocycles. The lowest BCUT2D eigenvalue weighted by Crippen LogP contribution is -2.23. The van der Waals surface area contributed by atoms with Gasteiger partial charge in [0.2, 0.25) is 0 Å². The average Bonchev–Trinajstić information content (AvgIpc) is 2.51. The Hall–Kier alpha value is -2.11. The molecule has 1 atom stereocenters. The zero-order chi connectivity index (χ0) is 15.7. The minimum atomic E-state index is -0.536. The Morgan fingerprint density at radius 1 is 1.36 bits per heavy atom. The zero-order valence-corrected chi connectivity index (χ0v) is 12.4. The van der Waals surface area contributed by atoms with Crippen molar-refractivity contribution >= 4 is 23.2 Å². The fourth-order valence-electron chi connectivity index (χ4n) is 2.40. The molecule has 3 rings (SSSR count). The van der Waals surface area contributed by atoms with E-state index in [1.165, 1.54) is 18.2 Å². The molecule has 0 fully saturated rings. The van der Waals surface area contributed by atoms with Gasteiger partial charge in [-0.15, -0.1) is 0 Å². The summed E-state index contributed by atoms with van der Waals surface area (Å²) in [5.41, 5.74) is 7.66. The molecule has 0 bridgehead atoms. The molecule has 2 aromatic carbocycles. The minimum absolute atomic E-state index is 0.0498. The number of nitrogens with one attached hydrogen (secondary N) is 1. The normalized spacial score (nSPS) is 16.6. The van der Waals surface area contributed by atoms with E-state index in [-0.39, 0.29) is 17.0 Å². The van der Waals surface area contributed by atoms with Crippen LogP contribution >= 0.6 is 11.6 Å². The maximum absolute atomic E-state index is 13.1. The molecule has 2 aromatic rings. The molecular formula is C16H14ClFN2O2. The van der Waals surface area contributed by atoms with E-state index in [0.29, 0.717) is 30.0 Å². The minimum Gasteiger partial charge on any atom is -0.492 e. The molecule has 1 amide bonds. The first-order valence-corrected chi connectivity index (χ1v) is 7.22. The van der Waals surface area contributed by atoms with E-state index >= 15 is 0 Å². The second-order valence-electron chi connectivity index (χ2n) is 5.05. The monoisotopic (exact) mass is 320 g/mol. The smallest absolute Gasteiger partial charge is 0.259 e. The number of rotatable bonds is 2. The van der Waals surface area contributed by atoms with Gasteiger partial charge in [-0.1, -0.05) is 23.7 Å². The summed E-state index contributed by atoms with van der Waals surface area (Å²) in [4.78, 5) is 12.4. The van der Waals surface area contributed by atoms with Gasteiger partial charge in [0.05, 0.1) is 17.2 Å². The second-order valence-corrected chi connectivity index (χ2v) is 5.46. The van der Waals surface area contributed by atoms with E-state index in [1.807, 2.05) is 6.07 Å². The molecule has 0 aromatic heterocycles. The van der Waals surface area contributed by atoms with Crippen LogP contribution in [0.5, 0.6) is 5.75 Å². The molecule has 3 N–H and O–H groups in total.